The van der Waals surface area contributed by atoms with Gasteiger partial charge >= 0.3 is 0 Å². The molecule has 1 amide bonds. The number of carbonyl (C=O) groups is 1. The van der Waals surface area contributed by atoms with Crippen LogP contribution in [0, 0.1) is 13.8 Å². The number of thiazole rings is 1. The number of amides is 1. The molecule has 0 aliphatic rings. The summed E-state index contributed by atoms with van der Waals surface area (Å²) in [7, 11) is 0. The lowest BCUT2D eigenvalue weighted by Crippen LogP contribution is -2.34. The van der Waals surface area contributed by atoms with Crippen molar-refractivity contribution in [2.75, 3.05) is 0 Å². The van der Waals surface area contributed by atoms with E-state index in [0.29, 0.717) is 37.7 Å². The number of hydrogen-bond acceptors (Lipinski definition) is 5. The van der Waals surface area contributed by atoms with E-state index in [0.717, 1.165) is 17.8 Å². The predicted octanol–water partition coefficient (Wildman–Crippen LogP) is 4.99. The van der Waals surface area contributed by atoms with Gasteiger partial charge in [0.2, 0.25) is 5.91 Å². The van der Waals surface area contributed by atoms with Crippen LogP contribution in [-0.2, 0) is 11.2 Å². The van der Waals surface area contributed by atoms with Crippen LogP contribution < -0.4 is 10.9 Å². The Balaban J connectivity index is 1.78. The Kier molecular flexibility index (Phi) is 6.61. The van der Waals surface area contributed by atoms with Crippen molar-refractivity contribution in [2.24, 2.45) is 0 Å². The zero-order chi connectivity index (χ0) is 23.9. The standard InChI is InChI=1S/C23H23Cl2N5O2S/c1-5-12(2)26-20(31)10-16-11-33-23-27-14(4)21(22(32)29(16)23)19-8-13(3)30(28-19)15-6-7-17(24)18(25)9-15/h6-9,11-12H,5,10H2,1-4H3,(H,26,31). The second-order valence-electron chi connectivity index (χ2n) is 7.96. The summed E-state index contributed by atoms with van der Waals surface area (Å²) >= 11 is 13.6. The Hall–Kier alpha value is -2.68. The maximum atomic E-state index is 13.6. The van der Waals surface area contributed by atoms with Crippen LogP contribution in [0.5, 0.6) is 0 Å². The van der Waals surface area contributed by atoms with Crippen molar-refractivity contribution in [1.82, 2.24) is 24.5 Å². The number of nitrogens with zero attached hydrogens (tertiary/aromatic N) is 4. The average Bonchev–Trinajstić information content (AvgIpc) is 3.33. The lowest BCUT2D eigenvalue weighted by molar-refractivity contribution is -0.121. The summed E-state index contributed by atoms with van der Waals surface area (Å²) in [5.74, 6) is -0.127. The number of aryl methyl sites for hydroxylation is 2. The molecule has 1 unspecified atom stereocenters. The van der Waals surface area contributed by atoms with Crippen molar-refractivity contribution < 1.29 is 4.79 Å². The summed E-state index contributed by atoms with van der Waals surface area (Å²) in [4.78, 5) is 31.2. The zero-order valence-electron chi connectivity index (χ0n) is 18.6. The van der Waals surface area contributed by atoms with Gasteiger partial charge in [-0.1, -0.05) is 30.1 Å². The molecule has 10 heteroatoms. The number of halogens is 2. The minimum absolute atomic E-state index is 0.0726. The summed E-state index contributed by atoms with van der Waals surface area (Å²) in [6, 6.07) is 7.15. The Morgan fingerprint density at radius 3 is 2.67 bits per heavy atom. The Labute approximate surface area is 205 Å². The highest BCUT2D eigenvalue weighted by Gasteiger charge is 2.20. The van der Waals surface area contributed by atoms with E-state index in [9.17, 15) is 9.59 Å². The number of nitrogens with one attached hydrogen (secondary N) is 1. The van der Waals surface area contributed by atoms with Crippen LogP contribution in [0.25, 0.3) is 21.9 Å². The van der Waals surface area contributed by atoms with E-state index in [1.54, 1.807) is 23.7 Å². The molecule has 3 heterocycles. The summed E-state index contributed by atoms with van der Waals surface area (Å²) in [5, 5.41) is 10.3. The van der Waals surface area contributed by atoms with Gasteiger partial charge in [0.05, 0.1) is 33.4 Å². The molecular formula is C23H23Cl2N5O2S. The molecule has 0 aliphatic heterocycles. The molecule has 7 nitrogen and oxygen atoms in total. The highest BCUT2D eigenvalue weighted by Crippen LogP contribution is 2.27. The number of hydrogen-bond donors (Lipinski definition) is 1. The molecule has 0 aliphatic carbocycles. The van der Waals surface area contributed by atoms with Gasteiger partial charge in [0.1, 0.15) is 5.69 Å². The fourth-order valence-corrected chi connectivity index (χ4v) is 4.81. The van der Waals surface area contributed by atoms with Gasteiger partial charge in [-0.05, 0) is 51.5 Å². The largest absolute Gasteiger partial charge is 0.353 e. The highest BCUT2D eigenvalue weighted by molar-refractivity contribution is 7.15. The first-order valence-electron chi connectivity index (χ1n) is 10.5. The van der Waals surface area contributed by atoms with Crippen LogP contribution >= 0.6 is 34.5 Å². The van der Waals surface area contributed by atoms with Crippen LogP contribution in [0.2, 0.25) is 10.0 Å². The van der Waals surface area contributed by atoms with Crippen molar-refractivity contribution >= 4 is 45.4 Å². The maximum absolute atomic E-state index is 13.6. The molecule has 1 aromatic carbocycles. The maximum Gasteiger partial charge on any atom is 0.268 e. The van der Waals surface area contributed by atoms with E-state index in [1.807, 2.05) is 38.3 Å². The van der Waals surface area contributed by atoms with Gasteiger partial charge in [-0.15, -0.1) is 11.3 Å². The van der Waals surface area contributed by atoms with E-state index < -0.39 is 0 Å². The molecule has 33 heavy (non-hydrogen) atoms. The molecule has 4 aromatic rings. The second kappa shape index (κ2) is 9.29. The number of aromatic nitrogens is 4. The van der Waals surface area contributed by atoms with Crippen molar-refractivity contribution in [2.45, 2.75) is 46.6 Å². The Bertz CT molecular complexity index is 1420. The van der Waals surface area contributed by atoms with Gasteiger partial charge in [-0.25, -0.2) is 9.67 Å². The minimum Gasteiger partial charge on any atom is -0.353 e. The first kappa shape index (κ1) is 23.5. The molecule has 0 bridgehead atoms. The molecule has 172 valence electrons. The average molecular weight is 504 g/mol. The normalized spacial score (nSPS) is 12.3. The van der Waals surface area contributed by atoms with Gasteiger partial charge < -0.3 is 5.32 Å². The Morgan fingerprint density at radius 2 is 1.97 bits per heavy atom. The number of benzene rings is 1. The number of carbonyl (C=O) groups excluding carboxylic acids is 1. The monoisotopic (exact) mass is 503 g/mol. The molecular weight excluding hydrogens is 481 g/mol. The fourth-order valence-electron chi connectivity index (χ4n) is 3.59. The van der Waals surface area contributed by atoms with Gasteiger partial charge in [0, 0.05) is 22.8 Å². The van der Waals surface area contributed by atoms with Gasteiger partial charge in [0.25, 0.3) is 5.56 Å². The predicted molar refractivity (Wildman–Crippen MR) is 133 cm³/mol. The Morgan fingerprint density at radius 1 is 1.21 bits per heavy atom. The molecule has 0 fully saturated rings. The molecule has 1 N–H and O–H groups in total. The fraction of sp³-hybridized carbons (Fsp3) is 0.304. The lowest BCUT2D eigenvalue weighted by Gasteiger charge is -2.11. The van der Waals surface area contributed by atoms with E-state index in [-0.39, 0.29) is 23.9 Å². The topological polar surface area (TPSA) is 81.3 Å². The van der Waals surface area contributed by atoms with Gasteiger partial charge in [0.15, 0.2) is 4.96 Å². The summed E-state index contributed by atoms with van der Waals surface area (Å²) < 4.78 is 3.22. The minimum atomic E-state index is -0.246. The number of rotatable bonds is 6. The molecule has 1 atom stereocenters. The molecule has 0 saturated carbocycles. The third-order valence-electron chi connectivity index (χ3n) is 5.47. The van der Waals surface area contributed by atoms with Crippen molar-refractivity contribution in [3.8, 4) is 16.9 Å². The van der Waals surface area contributed by atoms with Crippen molar-refractivity contribution in [3.63, 3.8) is 0 Å². The van der Waals surface area contributed by atoms with Crippen LogP contribution in [0.3, 0.4) is 0 Å². The van der Waals surface area contributed by atoms with Gasteiger partial charge in [-0.2, -0.15) is 5.10 Å². The molecule has 0 saturated heterocycles. The second-order valence-corrected chi connectivity index (χ2v) is 9.61. The summed E-state index contributed by atoms with van der Waals surface area (Å²) in [5.41, 5.74) is 3.40. The highest BCUT2D eigenvalue weighted by atomic mass is 35.5. The molecule has 3 aromatic heterocycles. The quantitative estimate of drug-likeness (QED) is 0.401. The lowest BCUT2D eigenvalue weighted by atomic mass is 10.1. The van der Waals surface area contributed by atoms with E-state index in [4.69, 9.17) is 23.2 Å². The van der Waals surface area contributed by atoms with Gasteiger partial charge in [-0.3, -0.25) is 14.0 Å². The van der Waals surface area contributed by atoms with E-state index in [2.05, 4.69) is 15.4 Å². The molecule has 4 rings (SSSR count). The third kappa shape index (κ3) is 4.55. The summed E-state index contributed by atoms with van der Waals surface area (Å²) in [6.07, 6.45) is 0.937. The van der Waals surface area contributed by atoms with Crippen LogP contribution in [0.4, 0.5) is 0 Å². The molecule has 0 radical (unpaired) electrons. The smallest absolute Gasteiger partial charge is 0.268 e. The zero-order valence-corrected chi connectivity index (χ0v) is 21.0. The first-order chi connectivity index (χ1) is 15.7. The molecule has 0 spiro atoms. The van der Waals surface area contributed by atoms with Crippen LogP contribution in [0.1, 0.15) is 37.4 Å². The SMILES string of the molecule is CCC(C)NC(=O)Cc1csc2nc(C)c(-c3cc(C)n(-c4ccc(Cl)c(Cl)c4)n3)c(=O)n12. The van der Waals surface area contributed by atoms with E-state index in [1.165, 1.54) is 15.7 Å². The van der Waals surface area contributed by atoms with Crippen LogP contribution in [-0.4, -0.2) is 31.1 Å². The first-order valence-corrected chi connectivity index (χ1v) is 12.1. The number of fused-ring (bicyclic) bond motifs is 1. The van der Waals surface area contributed by atoms with E-state index >= 15 is 0 Å². The van der Waals surface area contributed by atoms with Crippen molar-refractivity contribution in [1.29, 1.82) is 0 Å². The van der Waals surface area contributed by atoms with Crippen LogP contribution in [0.15, 0.2) is 34.4 Å². The summed E-state index contributed by atoms with van der Waals surface area (Å²) in [6.45, 7) is 7.64. The third-order valence-corrected chi connectivity index (χ3v) is 7.09. The van der Waals surface area contributed by atoms with Crippen molar-refractivity contribution in [3.05, 3.63) is 67.1 Å².